The molecule has 5 heteroatoms. The fourth-order valence-corrected chi connectivity index (χ4v) is 1.27. The lowest BCUT2D eigenvalue weighted by atomic mass is 10.3. The molecule has 0 spiro atoms. The molecule has 82 valence electrons. The Labute approximate surface area is 97.6 Å². The number of hydrogen-bond donors (Lipinski definition) is 1. The number of halogens is 2. The minimum absolute atomic E-state index is 0.0985. The number of benzene rings is 1. The number of hydrogen-bond acceptors (Lipinski definition) is 2. The highest BCUT2D eigenvalue weighted by molar-refractivity contribution is 6.42. The minimum Gasteiger partial charge on any atom is -0.494 e. The fraction of sp³-hybridized carbons (Fsp3) is 0.300. The van der Waals surface area contributed by atoms with E-state index in [1.165, 1.54) is 0 Å². The Kier molecular flexibility index (Phi) is 4.72. The van der Waals surface area contributed by atoms with Gasteiger partial charge in [-0.3, -0.25) is 4.79 Å². The number of carbonyl (C=O) groups is 1. The van der Waals surface area contributed by atoms with Crippen molar-refractivity contribution in [3.8, 4) is 5.75 Å². The highest BCUT2D eigenvalue weighted by Crippen LogP contribution is 2.26. The zero-order chi connectivity index (χ0) is 11.3. The van der Waals surface area contributed by atoms with Crippen LogP contribution in [-0.4, -0.2) is 17.7 Å². The molecule has 0 radical (unpaired) electrons. The summed E-state index contributed by atoms with van der Waals surface area (Å²) in [5, 5.41) is 9.29. The smallest absolute Gasteiger partial charge is 0.303 e. The molecule has 0 amide bonds. The fourth-order valence-electron chi connectivity index (χ4n) is 0.980. The van der Waals surface area contributed by atoms with E-state index in [9.17, 15) is 4.79 Å². The van der Waals surface area contributed by atoms with E-state index in [1.807, 2.05) is 0 Å². The molecule has 3 nitrogen and oxygen atoms in total. The summed E-state index contributed by atoms with van der Waals surface area (Å²) >= 11 is 11.5. The van der Waals surface area contributed by atoms with Crippen LogP contribution in [0.15, 0.2) is 18.2 Å². The van der Waals surface area contributed by atoms with Gasteiger partial charge in [0.05, 0.1) is 16.7 Å². The van der Waals surface area contributed by atoms with Crippen molar-refractivity contribution in [2.75, 3.05) is 6.61 Å². The van der Waals surface area contributed by atoms with Crippen LogP contribution in [0.1, 0.15) is 12.8 Å². The van der Waals surface area contributed by atoms with Crippen molar-refractivity contribution in [1.82, 2.24) is 0 Å². The second-order valence-corrected chi connectivity index (χ2v) is 3.74. The quantitative estimate of drug-likeness (QED) is 0.815. The summed E-state index contributed by atoms with van der Waals surface area (Å²) in [5.74, 6) is -0.234. The summed E-state index contributed by atoms with van der Waals surface area (Å²) in [6.45, 7) is 0.351. The van der Waals surface area contributed by atoms with Crippen LogP contribution < -0.4 is 4.74 Å². The van der Waals surface area contributed by atoms with Gasteiger partial charge < -0.3 is 9.84 Å². The molecule has 0 aromatic heterocycles. The molecule has 1 rings (SSSR count). The molecule has 0 aliphatic rings. The van der Waals surface area contributed by atoms with Crippen molar-refractivity contribution < 1.29 is 14.6 Å². The summed E-state index contributed by atoms with van der Waals surface area (Å²) in [7, 11) is 0. The molecule has 0 heterocycles. The Bertz CT molecular complexity index is 353. The number of aliphatic carboxylic acids is 1. The maximum Gasteiger partial charge on any atom is 0.303 e. The van der Waals surface area contributed by atoms with Crippen molar-refractivity contribution in [3.05, 3.63) is 28.2 Å². The topological polar surface area (TPSA) is 46.5 Å². The Hall–Kier alpha value is -0.930. The lowest BCUT2D eigenvalue weighted by Crippen LogP contribution is -2.01. The van der Waals surface area contributed by atoms with Crippen molar-refractivity contribution >= 4 is 29.2 Å². The first-order valence-electron chi connectivity index (χ1n) is 4.39. The number of carboxylic acid groups (broad SMARTS) is 1. The maximum absolute atomic E-state index is 10.2. The van der Waals surface area contributed by atoms with Gasteiger partial charge in [-0.15, -0.1) is 0 Å². The minimum atomic E-state index is -0.826. The molecular formula is C10H10Cl2O3. The van der Waals surface area contributed by atoms with Crippen LogP contribution in [0.2, 0.25) is 10.0 Å². The molecule has 0 bridgehead atoms. The summed E-state index contributed by atoms with van der Waals surface area (Å²) in [6, 6.07) is 4.93. The Morgan fingerprint density at radius 2 is 2.07 bits per heavy atom. The predicted molar refractivity (Wildman–Crippen MR) is 58.8 cm³/mol. The SMILES string of the molecule is O=C(O)CCCOc1ccc(Cl)c(Cl)c1. The van der Waals surface area contributed by atoms with Gasteiger partial charge in [0.25, 0.3) is 0 Å². The van der Waals surface area contributed by atoms with Crippen molar-refractivity contribution in [1.29, 1.82) is 0 Å². The maximum atomic E-state index is 10.2. The van der Waals surface area contributed by atoms with Crippen LogP contribution in [-0.2, 0) is 4.79 Å². The molecule has 0 atom stereocenters. The van der Waals surface area contributed by atoms with Gasteiger partial charge >= 0.3 is 5.97 Å². The average molecular weight is 249 g/mol. The third-order valence-corrected chi connectivity index (χ3v) is 2.43. The van der Waals surface area contributed by atoms with E-state index < -0.39 is 5.97 Å². The molecule has 15 heavy (non-hydrogen) atoms. The molecule has 0 unspecified atom stereocenters. The number of rotatable bonds is 5. The highest BCUT2D eigenvalue weighted by atomic mass is 35.5. The normalized spacial score (nSPS) is 10.0. The van der Waals surface area contributed by atoms with Gasteiger partial charge in [0.2, 0.25) is 0 Å². The summed E-state index contributed by atoms with van der Waals surface area (Å²) in [5.41, 5.74) is 0. The highest BCUT2D eigenvalue weighted by Gasteiger charge is 2.01. The third-order valence-electron chi connectivity index (χ3n) is 1.69. The zero-order valence-electron chi connectivity index (χ0n) is 7.87. The summed E-state index contributed by atoms with van der Waals surface area (Å²) in [6.07, 6.45) is 0.566. The lowest BCUT2D eigenvalue weighted by Gasteiger charge is -2.05. The molecule has 1 aromatic carbocycles. The van der Waals surface area contributed by atoms with E-state index in [2.05, 4.69) is 0 Å². The average Bonchev–Trinajstić information content (AvgIpc) is 2.18. The van der Waals surface area contributed by atoms with Crippen LogP contribution in [0.25, 0.3) is 0 Å². The number of carboxylic acids is 1. The van der Waals surface area contributed by atoms with Gasteiger partial charge in [0.15, 0.2) is 0 Å². The van der Waals surface area contributed by atoms with Crippen molar-refractivity contribution in [3.63, 3.8) is 0 Å². The Morgan fingerprint density at radius 3 is 2.67 bits per heavy atom. The van der Waals surface area contributed by atoms with Crippen LogP contribution in [0.5, 0.6) is 5.75 Å². The molecule has 1 aromatic rings. The molecule has 0 saturated carbocycles. The molecule has 0 fully saturated rings. The Morgan fingerprint density at radius 1 is 1.33 bits per heavy atom. The predicted octanol–water partition coefficient (Wildman–Crippen LogP) is 3.24. The van der Waals surface area contributed by atoms with Crippen molar-refractivity contribution in [2.45, 2.75) is 12.8 Å². The monoisotopic (exact) mass is 248 g/mol. The van der Waals surface area contributed by atoms with Crippen LogP contribution in [0.3, 0.4) is 0 Å². The van der Waals surface area contributed by atoms with E-state index in [0.717, 1.165) is 0 Å². The second-order valence-electron chi connectivity index (χ2n) is 2.92. The van der Waals surface area contributed by atoms with Gasteiger partial charge in [-0.2, -0.15) is 0 Å². The van der Waals surface area contributed by atoms with E-state index >= 15 is 0 Å². The van der Waals surface area contributed by atoms with Gasteiger partial charge in [-0.05, 0) is 18.6 Å². The summed E-state index contributed by atoms with van der Waals surface area (Å²) in [4.78, 5) is 10.2. The van der Waals surface area contributed by atoms with Gasteiger partial charge in [-0.25, -0.2) is 0 Å². The Balaban J connectivity index is 2.38. The first-order chi connectivity index (χ1) is 7.09. The largest absolute Gasteiger partial charge is 0.494 e. The first kappa shape index (κ1) is 12.1. The van der Waals surface area contributed by atoms with E-state index in [1.54, 1.807) is 18.2 Å². The van der Waals surface area contributed by atoms with Crippen LogP contribution in [0.4, 0.5) is 0 Å². The molecule has 0 aliphatic carbocycles. The van der Waals surface area contributed by atoms with Crippen LogP contribution >= 0.6 is 23.2 Å². The first-order valence-corrected chi connectivity index (χ1v) is 5.15. The summed E-state index contributed by atoms with van der Waals surface area (Å²) < 4.78 is 5.29. The molecule has 1 N–H and O–H groups in total. The van der Waals surface area contributed by atoms with E-state index in [-0.39, 0.29) is 6.42 Å². The van der Waals surface area contributed by atoms with Gasteiger partial charge in [0.1, 0.15) is 5.75 Å². The van der Waals surface area contributed by atoms with Crippen LogP contribution in [0, 0.1) is 0 Å². The van der Waals surface area contributed by atoms with E-state index in [4.69, 9.17) is 33.0 Å². The molecular weight excluding hydrogens is 239 g/mol. The van der Waals surface area contributed by atoms with Gasteiger partial charge in [-0.1, -0.05) is 23.2 Å². The number of ether oxygens (including phenoxy) is 1. The van der Waals surface area contributed by atoms with E-state index in [0.29, 0.717) is 28.8 Å². The van der Waals surface area contributed by atoms with Gasteiger partial charge in [0, 0.05) is 12.5 Å². The third kappa shape index (κ3) is 4.40. The van der Waals surface area contributed by atoms with Crippen molar-refractivity contribution in [2.24, 2.45) is 0 Å². The molecule has 0 aliphatic heterocycles. The molecule has 0 saturated heterocycles. The lowest BCUT2D eigenvalue weighted by molar-refractivity contribution is -0.137. The second kappa shape index (κ2) is 5.83. The zero-order valence-corrected chi connectivity index (χ0v) is 9.38. The standard InChI is InChI=1S/C10H10Cl2O3/c11-8-4-3-7(6-9(8)12)15-5-1-2-10(13)14/h3-4,6H,1-2,5H2,(H,13,14).